The van der Waals surface area contributed by atoms with E-state index in [1.807, 2.05) is 0 Å². The van der Waals surface area contributed by atoms with Gasteiger partial charge < -0.3 is 0 Å². The summed E-state index contributed by atoms with van der Waals surface area (Å²) in [4.78, 5) is 0. The highest BCUT2D eigenvalue weighted by molar-refractivity contribution is 9.11. The third-order valence-electron chi connectivity index (χ3n) is 2.07. The first-order valence-electron chi connectivity index (χ1n) is 5.34. The van der Waals surface area contributed by atoms with Crippen LogP contribution in [0.5, 0.6) is 0 Å². The van der Waals surface area contributed by atoms with E-state index in [1.165, 1.54) is 12.1 Å². The molecule has 0 saturated carbocycles. The lowest BCUT2D eigenvalue weighted by atomic mass is 10.2. The third kappa shape index (κ3) is 5.05. The van der Waals surface area contributed by atoms with Gasteiger partial charge in [-0.05, 0) is 34.0 Å². The van der Waals surface area contributed by atoms with E-state index >= 15 is 0 Å². The molecule has 0 saturated heterocycles. The lowest BCUT2D eigenvalue weighted by molar-refractivity contribution is -0.136. The first kappa shape index (κ1) is 16.9. The molecule has 0 aromatic carbocycles. The molecule has 0 spiro atoms. The van der Waals surface area contributed by atoms with Crippen LogP contribution in [0.15, 0.2) is 20.1 Å². The van der Waals surface area contributed by atoms with Crippen LogP contribution in [0.3, 0.4) is 0 Å². The summed E-state index contributed by atoms with van der Waals surface area (Å²) in [6, 6.07) is 2.80. The first-order chi connectivity index (χ1) is 8.52. The van der Waals surface area contributed by atoms with Crippen molar-refractivity contribution in [2.75, 3.05) is 13.1 Å². The molecule has 1 aromatic rings. The molecular formula is C10H13BrF3NO2S2. The van der Waals surface area contributed by atoms with E-state index in [1.54, 1.807) is 13.8 Å². The van der Waals surface area contributed by atoms with Gasteiger partial charge in [0.2, 0.25) is 0 Å². The number of rotatable bonds is 5. The molecule has 9 heteroatoms. The summed E-state index contributed by atoms with van der Waals surface area (Å²) in [5, 5.41) is 0. The minimum atomic E-state index is -4.56. The Kier molecular flexibility index (Phi) is 5.44. The molecule has 0 aliphatic rings. The number of sulfonamides is 1. The summed E-state index contributed by atoms with van der Waals surface area (Å²) >= 11 is 4.00. The van der Waals surface area contributed by atoms with Gasteiger partial charge in [-0.25, -0.2) is 8.42 Å². The van der Waals surface area contributed by atoms with Crippen molar-refractivity contribution in [2.24, 2.45) is 5.92 Å². The first-order valence-corrected chi connectivity index (χ1v) is 8.39. The smallest absolute Gasteiger partial charge is 0.206 e. The van der Waals surface area contributed by atoms with Crippen LogP contribution in [0, 0.1) is 5.92 Å². The van der Waals surface area contributed by atoms with E-state index in [2.05, 4.69) is 15.9 Å². The molecule has 1 rings (SSSR count). The van der Waals surface area contributed by atoms with E-state index in [9.17, 15) is 21.6 Å². The van der Waals surface area contributed by atoms with Crippen molar-refractivity contribution in [1.29, 1.82) is 0 Å². The summed E-state index contributed by atoms with van der Waals surface area (Å²) in [5.41, 5.74) is 0. The molecule has 1 heterocycles. The van der Waals surface area contributed by atoms with Crippen LogP contribution >= 0.6 is 27.3 Å². The van der Waals surface area contributed by atoms with Gasteiger partial charge in [-0.2, -0.15) is 17.5 Å². The molecule has 0 N–H and O–H groups in total. The van der Waals surface area contributed by atoms with Crippen molar-refractivity contribution in [1.82, 2.24) is 4.31 Å². The minimum Gasteiger partial charge on any atom is -0.206 e. The van der Waals surface area contributed by atoms with Gasteiger partial charge in [0.1, 0.15) is 10.8 Å². The van der Waals surface area contributed by atoms with E-state index < -0.39 is 22.7 Å². The van der Waals surface area contributed by atoms with E-state index in [0.717, 1.165) is 11.3 Å². The largest absolute Gasteiger partial charge is 0.402 e. The van der Waals surface area contributed by atoms with Gasteiger partial charge in [-0.15, -0.1) is 11.3 Å². The maximum atomic E-state index is 12.5. The quantitative estimate of drug-likeness (QED) is 0.781. The van der Waals surface area contributed by atoms with Crippen molar-refractivity contribution in [3.8, 4) is 0 Å². The van der Waals surface area contributed by atoms with Gasteiger partial charge in [0.25, 0.3) is 10.0 Å². The number of nitrogens with zero attached hydrogens (tertiary/aromatic N) is 1. The summed E-state index contributed by atoms with van der Waals surface area (Å²) in [6.45, 7) is 1.70. The second kappa shape index (κ2) is 6.11. The zero-order chi connectivity index (χ0) is 14.8. The van der Waals surface area contributed by atoms with Crippen LogP contribution < -0.4 is 0 Å². The monoisotopic (exact) mass is 379 g/mol. The highest BCUT2D eigenvalue weighted by Crippen LogP contribution is 2.30. The summed E-state index contributed by atoms with van der Waals surface area (Å²) in [6.07, 6.45) is -4.56. The standard InChI is InChI=1S/C10H13BrF3NO2S2/c1-7(2)5-15(6-10(12,13)14)19(16,17)9-4-3-8(11)18-9/h3-4,7H,5-6H2,1-2H3. The van der Waals surface area contributed by atoms with Crippen LogP contribution in [-0.4, -0.2) is 32.0 Å². The Labute approximate surface area is 122 Å². The van der Waals surface area contributed by atoms with Crippen LogP contribution in [-0.2, 0) is 10.0 Å². The Morgan fingerprint density at radius 2 is 1.95 bits per heavy atom. The molecule has 0 atom stereocenters. The van der Waals surface area contributed by atoms with Crippen LogP contribution in [0.1, 0.15) is 13.8 Å². The van der Waals surface area contributed by atoms with Gasteiger partial charge >= 0.3 is 6.18 Å². The van der Waals surface area contributed by atoms with Crippen molar-refractivity contribution < 1.29 is 21.6 Å². The van der Waals surface area contributed by atoms with Gasteiger partial charge in [0.05, 0.1) is 3.79 Å². The van der Waals surface area contributed by atoms with Crippen LogP contribution in [0.2, 0.25) is 0 Å². The van der Waals surface area contributed by atoms with E-state index in [0.29, 0.717) is 8.09 Å². The SMILES string of the molecule is CC(C)CN(CC(F)(F)F)S(=O)(=O)c1ccc(Br)s1. The highest BCUT2D eigenvalue weighted by Gasteiger charge is 2.37. The second-order valence-corrected chi connectivity index (χ2v) is 8.99. The lowest BCUT2D eigenvalue weighted by Crippen LogP contribution is -2.40. The molecule has 0 fully saturated rings. The van der Waals surface area contributed by atoms with Crippen molar-refractivity contribution in [3.63, 3.8) is 0 Å². The number of hydrogen-bond acceptors (Lipinski definition) is 3. The molecule has 0 radical (unpaired) electrons. The Morgan fingerprint density at radius 1 is 1.37 bits per heavy atom. The number of thiophene rings is 1. The van der Waals surface area contributed by atoms with Crippen molar-refractivity contribution in [2.45, 2.75) is 24.2 Å². The molecule has 19 heavy (non-hydrogen) atoms. The Bertz CT molecular complexity index is 525. The molecule has 110 valence electrons. The molecule has 0 unspecified atom stereocenters. The fraction of sp³-hybridized carbons (Fsp3) is 0.600. The Hall–Kier alpha value is -0.120. The maximum Gasteiger partial charge on any atom is 0.402 e. The summed E-state index contributed by atoms with van der Waals surface area (Å²) < 4.78 is 62.8. The summed E-state index contributed by atoms with van der Waals surface area (Å²) in [5.74, 6) is -0.194. The van der Waals surface area contributed by atoms with Crippen molar-refractivity contribution in [3.05, 3.63) is 15.9 Å². The third-order valence-corrected chi connectivity index (χ3v) is 5.97. The van der Waals surface area contributed by atoms with Gasteiger partial charge in [-0.3, -0.25) is 0 Å². The van der Waals surface area contributed by atoms with Crippen LogP contribution in [0.4, 0.5) is 13.2 Å². The fourth-order valence-corrected chi connectivity index (χ4v) is 5.17. The Balaban J connectivity index is 3.09. The molecule has 3 nitrogen and oxygen atoms in total. The average Bonchev–Trinajstić information content (AvgIpc) is 2.61. The molecule has 0 bridgehead atoms. The zero-order valence-electron chi connectivity index (χ0n) is 10.2. The average molecular weight is 380 g/mol. The number of hydrogen-bond donors (Lipinski definition) is 0. The maximum absolute atomic E-state index is 12.5. The fourth-order valence-electron chi connectivity index (χ4n) is 1.42. The lowest BCUT2D eigenvalue weighted by Gasteiger charge is -2.24. The van der Waals surface area contributed by atoms with E-state index in [-0.39, 0.29) is 16.7 Å². The molecular weight excluding hydrogens is 367 g/mol. The Morgan fingerprint density at radius 3 is 2.32 bits per heavy atom. The van der Waals surface area contributed by atoms with Crippen LogP contribution in [0.25, 0.3) is 0 Å². The summed E-state index contributed by atoms with van der Waals surface area (Å²) in [7, 11) is -4.11. The van der Waals surface area contributed by atoms with E-state index in [4.69, 9.17) is 0 Å². The minimum absolute atomic E-state index is 0.0933. The van der Waals surface area contributed by atoms with Crippen molar-refractivity contribution >= 4 is 37.3 Å². The van der Waals surface area contributed by atoms with Gasteiger partial charge in [0, 0.05) is 6.54 Å². The predicted molar refractivity (Wildman–Crippen MR) is 71.7 cm³/mol. The molecule has 0 aliphatic heterocycles. The predicted octanol–water partition coefficient (Wildman–Crippen LogP) is 3.72. The van der Waals surface area contributed by atoms with Gasteiger partial charge in [0.15, 0.2) is 0 Å². The highest BCUT2D eigenvalue weighted by atomic mass is 79.9. The zero-order valence-corrected chi connectivity index (χ0v) is 13.5. The molecule has 0 amide bonds. The number of alkyl halides is 3. The second-order valence-electron chi connectivity index (χ2n) is 4.37. The molecule has 0 aliphatic carbocycles. The van der Waals surface area contributed by atoms with Gasteiger partial charge in [-0.1, -0.05) is 13.8 Å². The normalized spacial score (nSPS) is 13.5. The molecule has 1 aromatic heterocycles. The topological polar surface area (TPSA) is 37.4 Å². The number of halogens is 4.